The molecule has 0 aliphatic carbocycles. The molecule has 3 aliphatic heterocycles. The summed E-state index contributed by atoms with van der Waals surface area (Å²) < 4.78 is 36.4. The molecule has 2 N–H and O–H groups in total. The largest absolute Gasteiger partial charge is 0.394 e. The van der Waals surface area contributed by atoms with Crippen LogP contribution >= 0.6 is 0 Å². The van der Waals surface area contributed by atoms with Gasteiger partial charge in [0.25, 0.3) is 5.97 Å². The van der Waals surface area contributed by atoms with Gasteiger partial charge < -0.3 is 33.9 Å². The van der Waals surface area contributed by atoms with Crippen molar-refractivity contribution in [2.24, 2.45) is 5.41 Å². The van der Waals surface area contributed by atoms with Crippen LogP contribution in [-0.2, 0) is 35.0 Å². The van der Waals surface area contributed by atoms with Crippen molar-refractivity contribution >= 4 is 0 Å². The first-order chi connectivity index (χ1) is 13.8. The fourth-order valence-electron chi connectivity index (χ4n) is 3.83. The fraction of sp³-hybridized carbons (Fsp3) is 0.714. The number of fused-ring (bicyclic) bond motifs is 2. The number of aliphatic hydroxyl groups is 2. The second-order valence-corrected chi connectivity index (χ2v) is 8.77. The number of rotatable bonds is 8. The second-order valence-electron chi connectivity index (χ2n) is 8.77. The summed E-state index contributed by atoms with van der Waals surface area (Å²) in [7, 11) is 0. The van der Waals surface area contributed by atoms with Crippen molar-refractivity contribution < 1.29 is 38.6 Å². The predicted molar refractivity (Wildman–Crippen MR) is 101 cm³/mol. The van der Waals surface area contributed by atoms with E-state index >= 15 is 0 Å². The highest BCUT2D eigenvalue weighted by Gasteiger charge is 2.69. The molecule has 8 nitrogen and oxygen atoms in total. The van der Waals surface area contributed by atoms with Gasteiger partial charge in [-0.1, -0.05) is 51.1 Å². The maximum Gasteiger partial charge on any atom is 0.291 e. The molecular formula is C21H30O8. The highest BCUT2D eigenvalue weighted by molar-refractivity contribution is 5.14. The average molecular weight is 410 g/mol. The molecule has 1 aromatic carbocycles. The first kappa shape index (κ1) is 21.1. The Morgan fingerprint density at radius 3 is 2.52 bits per heavy atom. The Kier molecular flexibility index (Phi) is 5.98. The molecule has 0 spiro atoms. The zero-order chi connectivity index (χ0) is 20.6. The molecule has 3 fully saturated rings. The van der Waals surface area contributed by atoms with Gasteiger partial charge in [-0.05, 0) is 5.56 Å². The van der Waals surface area contributed by atoms with Crippen LogP contribution < -0.4 is 0 Å². The van der Waals surface area contributed by atoms with Crippen LogP contribution in [0.4, 0.5) is 0 Å². The molecule has 3 aliphatic rings. The standard InChI is InChI=1S/C21H30O8/c1-20(2,3)21-27-16-15(12-24-11-14(23)9-22)26-19(29-21)18(28-21)17(16)25-10-13-7-5-4-6-8-13/h4-8,14-19,22-23H,9-12H2,1-3H3/t14?,15-,16-,17+,18-,19-,21?/m1/s1. The maximum absolute atomic E-state index is 9.52. The van der Waals surface area contributed by atoms with Crippen LogP contribution in [0.25, 0.3) is 0 Å². The molecule has 0 aromatic heterocycles. The smallest absolute Gasteiger partial charge is 0.291 e. The topological polar surface area (TPSA) is 95.8 Å². The lowest BCUT2D eigenvalue weighted by molar-refractivity contribution is -0.430. The van der Waals surface area contributed by atoms with Crippen LogP contribution in [0.3, 0.4) is 0 Å². The van der Waals surface area contributed by atoms with Crippen LogP contribution in [-0.4, -0.2) is 72.8 Å². The summed E-state index contributed by atoms with van der Waals surface area (Å²) in [6, 6.07) is 9.90. The third-order valence-electron chi connectivity index (χ3n) is 5.45. The van der Waals surface area contributed by atoms with Crippen LogP contribution in [0.5, 0.6) is 0 Å². The zero-order valence-electron chi connectivity index (χ0n) is 17.0. The predicted octanol–water partition coefficient (Wildman–Crippen LogP) is 1.18. The second kappa shape index (κ2) is 8.20. The summed E-state index contributed by atoms with van der Waals surface area (Å²) in [5.74, 6) is -1.21. The minimum atomic E-state index is -1.21. The number of ether oxygens (including phenoxy) is 6. The van der Waals surface area contributed by atoms with Gasteiger partial charge in [0.1, 0.15) is 30.5 Å². The molecule has 29 heavy (non-hydrogen) atoms. The lowest BCUT2D eigenvalue weighted by atomic mass is 9.91. The molecule has 4 rings (SSSR count). The number of hydrogen-bond acceptors (Lipinski definition) is 8. The van der Waals surface area contributed by atoms with Gasteiger partial charge in [-0.15, -0.1) is 0 Å². The molecule has 2 unspecified atom stereocenters. The summed E-state index contributed by atoms with van der Waals surface area (Å²) in [6.07, 6.45) is -3.26. The summed E-state index contributed by atoms with van der Waals surface area (Å²) >= 11 is 0. The van der Waals surface area contributed by atoms with E-state index in [-0.39, 0.29) is 25.9 Å². The van der Waals surface area contributed by atoms with Crippen LogP contribution in [0.15, 0.2) is 30.3 Å². The van der Waals surface area contributed by atoms with Gasteiger partial charge in [-0.25, -0.2) is 0 Å². The molecule has 7 atom stereocenters. The molecule has 0 saturated carbocycles. The summed E-state index contributed by atoms with van der Waals surface area (Å²) in [5.41, 5.74) is 0.615. The van der Waals surface area contributed by atoms with E-state index in [9.17, 15) is 5.11 Å². The number of hydrogen-bond donors (Lipinski definition) is 2. The molecule has 0 radical (unpaired) electrons. The molecule has 0 amide bonds. The summed E-state index contributed by atoms with van der Waals surface area (Å²) in [6.45, 7) is 6.21. The molecule has 3 bridgehead atoms. The first-order valence-electron chi connectivity index (χ1n) is 10.0. The van der Waals surface area contributed by atoms with E-state index in [0.29, 0.717) is 6.61 Å². The normalized spacial score (nSPS) is 37.1. The molecule has 8 heteroatoms. The van der Waals surface area contributed by atoms with Crippen molar-refractivity contribution in [1.29, 1.82) is 0 Å². The van der Waals surface area contributed by atoms with E-state index in [4.69, 9.17) is 33.5 Å². The Morgan fingerprint density at radius 1 is 1.10 bits per heavy atom. The quantitative estimate of drug-likeness (QED) is 0.660. The first-order valence-corrected chi connectivity index (χ1v) is 10.0. The van der Waals surface area contributed by atoms with Crippen molar-refractivity contribution in [1.82, 2.24) is 0 Å². The third-order valence-corrected chi connectivity index (χ3v) is 5.45. The summed E-state index contributed by atoms with van der Waals surface area (Å²) in [4.78, 5) is 0. The van der Waals surface area contributed by atoms with E-state index in [1.165, 1.54) is 0 Å². The van der Waals surface area contributed by atoms with Crippen LogP contribution in [0.1, 0.15) is 26.3 Å². The number of benzene rings is 1. The van der Waals surface area contributed by atoms with E-state index < -0.39 is 42.1 Å². The van der Waals surface area contributed by atoms with Gasteiger partial charge in [0.05, 0.1) is 26.4 Å². The maximum atomic E-state index is 9.52. The minimum absolute atomic E-state index is 0.00842. The molecule has 1 aromatic rings. The van der Waals surface area contributed by atoms with Gasteiger partial charge in [-0.3, -0.25) is 4.74 Å². The van der Waals surface area contributed by atoms with Crippen molar-refractivity contribution in [3.05, 3.63) is 35.9 Å². The Morgan fingerprint density at radius 2 is 1.83 bits per heavy atom. The third kappa shape index (κ3) is 4.08. The monoisotopic (exact) mass is 410 g/mol. The molecule has 162 valence electrons. The highest BCUT2D eigenvalue weighted by atomic mass is 17.0. The van der Waals surface area contributed by atoms with Crippen LogP contribution in [0.2, 0.25) is 0 Å². The van der Waals surface area contributed by atoms with E-state index in [1.54, 1.807) is 0 Å². The van der Waals surface area contributed by atoms with Crippen molar-refractivity contribution in [3.63, 3.8) is 0 Å². The highest BCUT2D eigenvalue weighted by Crippen LogP contribution is 2.53. The lowest BCUT2D eigenvalue weighted by Crippen LogP contribution is -2.64. The number of aliphatic hydroxyl groups excluding tert-OH is 2. The van der Waals surface area contributed by atoms with Crippen molar-refractivity contribution in [3.8, 4) is 0 Å². The van der Waals surface area contributed by atoms with Crippen molar-refractivity contribution in [2.45, 2.75) is 70.2 Å². The van der Waals surface area contributed by atoms with E-state index in [1.807, 2.05) is 51.1 Å². The summed E-state index contributed by atoms with van der Waals surface area (Å²) in [5, 5.41) is 18.5. The SMILES string of the molecule is CC(C)(C)C12O[C@H]3O[C@H](COCC(O)CO)[C@@H](O1)[C@H](OCc1ccccc1)[C@H]3O2. The van der Waals surface area contributed by atoms with Gasteiger partial charge in [0, 0.05) is 5.41 Å². The Balaban J connectivity index is 1.50. The van der Waals surface area contributed by atoms with Gasteiger partial charge >= 0.3 is 0 Å². The van der Waals surface area contributed by atoms with Gasteiger partial charge in [0.15, 0.2) is 6.29 Å². The fourth-order valence-corrected chi connectivity index (χ4v) is 3.83. The van der Waals surface area contributed by atoms with E-state index in [0.717, 1.165) is 5.56 Å². The van der Waals surface area contributed by atoms with Gasteiger partial charge in [0.2, 0.25) is 0 Å². The minimum Gasteiger partial charge on any atom is -0.394 e. The van der Waals surface area contributed by atoms with Crippen molar-refractivity contribution in [2.75, 3.05) is 19.8 Å². The average Bonchev–Trinajstić information content (AvgIpc) is 2.92. The van der Waals surface area contributed by atoms with E-state index in [2.05, 4.69) is 0 Å². The lowest BCUT2D eigenvalue weighted by Gasteiger charge is -2.48. The Bertz CT molecular complexity index is 677. The van der Waals surface area contributed by atoms with Gasteiger partial charge in [-0.2, -0.15) is 0 Å². The molecule has 3 saturated heterocycles. The van der Waals surface area contributed by atoms with Crippen LogP contribution in [0, 0.1) is 5.41 Å². The molecular weight excluding hydrogens is 380 g/mol. The molecule has 3 heterocycles. The Hall–Kier alpha value is -1.10. The Labute approximate surface area is 170 Å². The zero-order valence-corrected chi connectivity index (χ0v) is 17.0.